The molecule has 25 heavy (non-hydrogen) atoms. The van der Waals surface area contributed by atoms with Gasteiger partial charge in [-0.25, -0.2) is 4.39 Å². The zero-order chi connectivity index (χ0) is 17.3. The van der Waals surface area contributed by atoms with E-state index in [1.54, 1.807) is 23.2 Å². The van der Waals surface area contributed by atoms with E-state index in [-0.39, 0.29) is 11.5 Å². The number of benzene rings is 1. The smallest absolute Gasteiger partial charge is 0.256 e. The number of hydrogen-bond acceptors (Lipinski definition) is 4. The quantitative estimate of drug-likeness (QED) is 0.845. The molecule has 1 atom stereocenters. The number of oxime groups is 1. The normalized spacial score (nSPS) is 22.6. The lowest BCUT2D eigenvalue weighted by molar-refractivity contribution is -0.0619. The molecule has 128 valence electrons. The van der Waals surface area contributed by atoms with Gasteiger partial charge < -0.3 is 9.74 Å². The van der Waals surface area contributed by atoms with E-state index in [0.29, 0.717) is 19.5 Å². The summed E-state index contributed by atoms with van der Waals surface area (Å²) in [5, 5.41) is 4.21. The van der Waals surface area contributed by atoms with E-state index in [2.05, 4.69) is 10.1 Å². The minimum Gasteiger partial charge on any atom is -0.387 e. The molecule has 1 spiro atoms. The maximum absolute atomic E-state index is 13.9. The number of amides is 1. The number of rotatable bonds is 2. The summed E-state index contributed by atoms with van der Waals surface area (Å²) in [6.07, 6.45) is 3.93. The van der Waals surface area contributed by atoms with Crippen molar-refractivity contribution in [2.24, 2.45) is 5.16 Å². The van der Waals surface area contributed by atoms with Gasteiger partial charge >= 0.3 is 0 Å². The summed E-state index contributed by atoms with van der Waals surface area (Å²) < 4.78 is 13.9. The van der Waals surface area contributed by atoms with Gasteiger partial charge in [0.25, 0.3) is 5.91 Å². The van der Waals surface area contributed by atoms with Gasteiger partial charge in [-0.1, -0.05) is 23.4 Å². The number of nitrogens with zero attached hydrogens (tertiary/aromatic N) is 3. The minimum atomic E-state index is -0.536. The summed E-state index contributed by atoms with van der Waals surface area (Å²) >= 11 is 0. The molecule has 0 N–H and O–H groups in total. The Balaban J connectivity index is 1.51. The van der Waals surface area contributed by atoms with Gasteiger partial charge in [0.05, 0.1) is 17.8 Å². The molecule has 1 aromatic carbocycles. The van der Waals surface area contributed by atoms with Crippen molar-refractivity contribution >= 4 is 11.6 Å². The molecule has 0 bridgehead atoms. The van der Waals surface area contributed by atoms with Crippen LogP contribution < -0.4 is 0 Å². The second-order valence-corrected chi connectivity index (χ2v) is 6.51. The fourth-order valence-electron chi connectivity index (χ4n) is 3.49. The first kappa shape index (κ1) is 15.7. The van der Waals surface area contributed by atoms with Crippen LogP contribution in [0.1, 0.15) is 35.3 Å². The highest BCUT2D eigenvalue weighted by molar-refractivity contribution is 6.00. The van der Waals surface area contributed by atoms with Crippen molar-refractivity contribution in [3.05, 3.63) is 65.7 Å². The second-order valence-electron chi connectivity index (χ2n) is 6.51. The van der Waals surface area contributed by atoms with Crippen LogP contribution in [0.2, 0.25) is 0 Å². The first-order chi connectivity index (χ1) is 12.2. The summed E-state index contributed by atoms with van der Waals surface area (Å²) in [6, 6.07) is 11.7. The predicted molar refractivity (Wildman–Crippen MR) is 90.7 cm³/mol. The maximum Gasteiger partial charge on any atom is 0.256 e. The molecule has 2 aromatic rings. The molecule has 0 radical (unpaired) electrons. The van der Waals surface area contributed by atoms with Gasteiger partial charge in [-0.3, -0.25) is 9.78 Å². The van der Waals surface area contributed by atoms with Gasteiger partial charge in [-0.05, 0) is 37.1 Å². The minimum absolute atomic E-state index is 0.100. The SMILES string of the molecule is O=C(c1ccccc1F)N1CCCC2(CC(c3ccccn3)=NO2)C1. The van der Waals surface area contributed by atoms with Crippen LogP contribution in [-0.4, -0.2) is 40.2 Å². The molecule has 0 aliphatic carbocycles. The summed E-state index contributed by atoms with van der Waals surface area (Å²) in [4.78, 5) is 24.4. The molecule has 1 amide bonds. The van der Waals surface area contributed by atoms with Gasteiger partial charge in [-0.2, -0.15) is 0 Å². The first-order valence-corrected chi connectivity index (χ1v) is 8.37. The lowest BCUT2D eigenvalue weighted by atomic mass is 9.87. The van der Waals surface area contributed by atoms with Crippen LogP contribution >= 0.6 is 0 Å². The second kappa shape index (κ2) is 6.27. The van der Waals surface area contributed by atoms with Crippen molar-refractivity contribution in [1.82, 2.24) is 9.88 Å². The van der Waals surface area contributed by atoms with Crippen LogP contribution in [0.5, 0.6) is 0 Å². The number of pyridine rings is 1. The topological polar surface area (TPSA) is 54.8 Å². The first-order valence-electron chi connectivity index (χ1n) is 8.37. The van der Waals surface area contributed by atoms with Crippen LogP contribution in [0.15, 0.2) is 53.8 Å². The Morgan fingerprint density at radius 1 is 1.20 bits per heavy atom. The van der Waals surface area contributed by atoms with Crippen LogP contribution in [0.25, 0.3) is 0 Å². The van der Waals surface area contributed by atoms with E-state index in [0.717, 1.165) is 24.2 Å². The molecule has 2 aliphatic rings. The number of carbonyl (C=O) groups excluding carboxylic acids is 1. The summed E-state index contributed by atoms with van der Waals surface area (Å²) in [5.41, 5.74) is 1.15. The highest BCUT2D eigenvalue weighted by atomic mass is 19.1. The van der Waals surface area contributed by atoms with Crippen molar-refractivity contribution in [2.45, 2.75) is 24.9 Å². The molecule has 2 aliphatic heterocycles. The van der Waals surface area contributed by atoms with Crippen molar-refractivity contribution in [2.75, 3.05) is 13.1 Å². The van der Waals surface area contributed by atoms with Gasteiger partial charge in [0.1, 0.15) is 11.5 Å². The predicted octanol–water partition coefficient (Wildman–Crippen LogP) is 3.02. The molecule has 6 heteroatoms. The fourth-order valence-corrected chi connectivity index (χ4v) is 3.49. The van der Waals surface area contributed by atoms with Gasteiger partial charge in [0.15, 0.2) is 5.60 Å². The number of hydrogen-bond donors (Lipinski definition) is 0. The van der Waals surface area contributed by atoms with Crippen LogP contribution in [0.3, 0.4) is 0 Å². The lowest BCUT2D eigenvalue weighted by Crippen LogP contribution is -2.50. The Morgan fingerprint density at radius 2 is 2.04 bits per heavy atom. The molecular weight excluding hydrogens is 321 g/mol. The Morgan fingerprint density at radius 3 is 2.84 bits per heavy atom. The van der Waals surface area contributed by atoms with Crippen molar-refractivity contribution in [1.29, 1.82) is 0 Å². The number of aromatic nitrogens is 1. The average molecular weight is 339 g/mol. The van der Waals surface area contributed by atoms with Crippen LogP contribution in [-0.2, 0) is 4.84 Å². The third kappa shape index (κ3) is 2.99. The van der Waals surface area contributed by atoms with E-state index < -0.39 is 11.4 Å². The molecule has 1 fully saturated rings. The van der Waals surface area contributed by atoms with E-state index in [4.69, 9.17) is 4.84 Å². The summed E-state index contributed by atoms with van der Waals surface area (Å²) in [5.74, 6) is -0.794. The molecule has 1 saturated heterocycles. The molecule has 3 heterocycles. The van der Waals surface area contributed by atoms with Crippen molar-refractivity contribution in [3.63, 3.8) is 0 Å². The zero-order valence-corrected chi connectivity index (χ0v) is 13.7. The Labute approximate surface area is 145 Å². The number of halogens is 1. The number of likely N-dealkylation sites (tertiary alicyclic amines) is 1. The summed E-state index contributed by atoms with van der Waals surface area (Å²) in [7, 11) is 0. The molecule has 4 rings (SSSR count). The maximum atomic E-state index is 13.9. The monoisotopic (exact) mass is 339 g/mol. The van der Waals surface area contributed by atoms with Gasteiger partial charge in [0.2, 0.25) is 0 Å². The molecular formula is C19H18FN3O2. The van der Waals surface area contributed by atoms with Crippen molar-refractivity contribution in [3.8, 4) is 0 Å². The highest BCUT2D eigenvalue weighted by Crippen LogP contribution is 2.35. The van der Waals surface area contributed by atoms with Crippen LogP contribution in [0.4, 0.5) is 4.39 Å². The summed E-state index contributed by atoms with van der Waals surface area (Å²) in [6.45, 7) is 0.997. The molecule has 1 aromatic heterocycles. The van der Waals surface area contributed by atoms with E-state index in [1.165, 1.54) is 12.1 Å². The zero-order valence-electron chi connectivity index (χ0n) is 13.7. The third-order valence-electron chi connectivity index (χ3n) is 4.73. The highest BCUT2D eigenvalue weighted by Gasteiger charge is 2.44. The fraction of sp³-hybridized carbons (Fsp3) is 0.316. The Kier molecular flexibility index (Phi) is 3.95. The number of piperidine rings is 1. The average Bonchev–Trinajstić information content (AvgIpc) is 3.05. The van der Waals surface area contributed by atoms with E-state index >= 15 is 0 Å². The third-order valence-corrected chi connectivity index (χ3v) is 4.73. The Hall–Kier alpha value is -2.76. The van der Waals surface area contributed by atoms with Gasteiger partial charge in [0, 0.05) is 19.2 Å². The molecule has 0 saturated carbocycles. The standard InChI is InChI=1S/C19H18FN3O2/c20-15-7-2-1-6-14(15)18(24)23-11-5-9-19(13-23)12-17(22-25-19)16-8-3-4-10-21-16/h1-4,6-8,10H,5,9,11-13H2. The van der Waals surface area contributed by atoms with Crippen molar-refractivity contribution < 1.29 is 14.0 Å². The van der Waals surface area contributed by atoms with E-state index in [1.807, 2.05) is 18.2 Å². The number of carbonyl (C=O) groups is 1. The van der Waals surface area contributed by atoms with E-state index in [9.17, 15) is 9.18 Å². The largest absolute Gasteiger partial charge is 0.387 e. The lowest BCUT2D eigenvalue weighted by Gasteiger charge is -2.38. The van der Waals surface area contributed by atoms with Crippen LogP contribution in [0, 0.1) is 5.82 Å². The Bertz CT molecular complexity index is 824. The molecule has 5 nitrogen and oxygen atoms in total. The van der Waals surface area contributed by atoms with Gasteiger partial charge in [-0.15, -0.1) is 0 Å². The molecule has 1 unspecified atom stereocenters.